The fraction of sp³-hybridized carbons (Fsp3) is 0.393. The van der Waals surface area contributed by atoms with Gasteiger partial charge in [0.15, 0.2) is 0 Å². The summed E-state index contributed by atoms with van der Waals surface area (Å²) in [5.74, 6) is 0.941. The smallest absolute Gasteiger partial charge is 0.227 e. The third kappa shape index (κ3) is 4.83. The van der Waals surface area contributed by atoms with E-state index < -0.39 is 6.10 Å². The van der Waals surface area contributed by atoms with Crippen LogP contribution in [0.3, 0.4) is 0 Å². The SMILES string of the molecule is Cc1c(Nc2ncc3cc(Cl)c(C4CCN(C[C@@H](O)c5ccccc5)CC4)cc3n2)cnn1C1CC1. The van der Waals surface area contributed by atoms with Crippen molar-refractivity contribution in [1.82, 2.24) is 24.6 Å². The molecule has 2 fully saturated rings. The molecule has 8 heteroatoms. The molecule has 2 aliphatic rings. The Kier molecular flexibility index (Phi) is 6.37. The third-order valence-corrected chi connectivity index (χ3v) is 7.85. The second-order valence-electron chi connectivity index (χ2n) is 10.1. The van der Waals surface area contributed by atoms with Crippen molar-refractivity contribution >= 4 is 34.1 Å². The number of likely N-dealkylation sites (tertiary alicyclic amines) is 1. The Morgan fingerprint density at radius 1 is 1.08 bits per heavy atom. The highest BCUT2D eigenvalue weighted by Gasteiger charge is 2.27. The van der Waals surface area contributed by atoms with Gasteiger partial charge < -0.3 is 15.3 Å². The molecule has 0 bridgehead atoms. The van der Waals surface area contributed by atoms with Crippen LogP contribution >= 0.6 is 11.6 Å². The Morgan fingerprint density at radius 3 is 2.61 bits per heavy atom. The van der Waals surface area contributed by atoms with Crippen LogP contribution in [0.25, 0.3) is 10.9 Å². The molecule has 0 radical (unpaired) electrons. The van der Waals surface area contributed by atoms with Gasteiger partial charge >= 0.3 is 0 Å². The summed E-state index contributed by atoms with van der Waals surface area (Å²) in [6.45, 7) is 4.60. The van der Waals surface area contributed by atoms with Gasteiger partial charge in [0.25, 0.3) is 0 Å². The Labute approximate surface area is 216 Å². The standard InChI is InChI=1S/C28H31ClN6O/c1-18-26(16-31-35(18)22-7-8-22)33-28-30-15-21-13-24(29)23(14-25(21)32-28)19-9-11-34(12-10-19)17-27(36)20-5-3-2-4-6-20/h2-6,13-16,19,22,27,36H,7-12,17H2,1H3,(H,30,32,33)/t27-/m1/s1. The minimum Gasteiger partial charge on any atom is -0.387 e. The molecule has 2 N–H and O–H groups in total. The van der Waals surface area contributed by atoms with Crippen LogP contribution in [0.2, 0.25) is 5.02 Å². The quantitative estimate of drug-likeness (QED) is 0.333. The van der Waals surface area contributed by atoms with E-state index in [2.05, 4.69) is 38.0 Å². The van der Waals surface area contributed by atoms with Crippen LogP contribution in [-0.2, 0) is 0 Å². The maximum absolute atomic E-state index is 10.6. The number of aliphatic hydroxyl groups is 1. The maximum Gasteiger partial charge on any atom is 0.227 e. The third-order valence-electron chi connectivity index (χ3n) is 7.53. The molecule has 3 heterocycles. The number of nitrogens with zero attached hydrogens (tertiary/aromatic N) is 5. The number of nitrogens with one attached hydrogen (secondary N) is 1. The predicted molar refractivity (Wildman–Crippen MR) is 143 cm³/mol. The number of anilines is 2. The number of β-amino-alcohol motifs (C(OH)–C–C–N with tert-alkyl or cyclic N) is 1. The first-order valence-electron chi connectivity index (χ1n) is 12.8. The van der Waals surface area contributed by atoms with Crippen molar-refractivity contribution in [2.75, 3.05) is 25.0 Å². The van der Waals surface area contributed by atoms with Gasteiger partial charge in [0.1, 0.15) is 0 Å². The molecule has 186 valence electrons. The van der Waals surface area contributed by atoms with Gasteiger partial charge in [0.2, 0.25) is 5.95 Å². The van der Waals surface area contributed by atoms with Crippen molar-refractivity contribution in [1.29, 1.82) is 0 Å². The maximum atomic E-state index is 10.6. The molecule has 1 aliphatic heterocycles. The molecule has 0 amide bonds. The topological polar surface area (TPSA) is 79.1 Å². The van der Waals surface area contributed by atoms with E-state index in [9.17, 15) is 5.11 Å². The van der Waals surface area contributed by atoms with E-state index in [1.807, 2.05) is 48.8 Å². The summed E-state index contributed by atoms with van der Waals surface area (Å²) in [5, 5.41) is 20.2. The van der Waals surface area contributed by atoms with Gasteiger partial charge in [0, 0.05) is 23.2 Å². The molecule has 1 saturated carbocycles. The van der Waals surface area contributed by atoms with Crippen molar-refractivity contribution in [2.45, 2.75) is 50.7 Å². The van der Waals surface area contributed by atoms with E-state index in [0.29, 0.717) is 24.5 Å². The number of fused-ring (bicyclic) bond motifs is 1. The van der Waals surface area contributed by atoms with Gasteiger partial charge in [-0.15, -0.1) is 0 Å². The van der Waals surface area contributed by atoms with Crippen molar-refractivity contribution in [3.8, 4) is 0 Å². The van der Waals surface area contributed by atoms with Crippen LogP contribution in [0.4, 0.5) is 11.6 Å². The molecule has 6 rings (SSSR count). The molecule has 4 aromatic rings. The average Bonchev–Trinajstić information content (AvgIpc) is 3.68. The highest BCUT2D eigenvalue weighted by molar-refractivity contribution is 6.32. The number of benzene rings is 2. The second kappa shape index (κ2) is 9.81. The Morgan fingerprint density at radius 2 is 1.86 bits per heavy atom. The lowest BCUT2D eigenvalue weighted by atomic mass is 9.88. The lowest BCUT2D eigenvalue weighted by Crippen LogP contribution is -2.36. The molecular formula is C28H31ClN6O. The summed E-state index contributed by atoms with van der Waals surface area (Å²) >= 11 is 6.73. The Balaban J connectivity index is 1.15. The summed E-state index contributed by atoms with van der Waals surface area (Å²) in [4.78, 5) is 11.7. The first-order valence-corrected chi connectivity index (χ1v) is 13.2. The van der Waals surface area contributed by atoms with E-state index in [0.717, 1.165) is 64.4 Å². The highest BCUT2D eigenvalue weighted by atomic mass is 35.5. The zero-order valence-electron chi connectivity index (χ0n) is 20.4. The molecule has 1 saturated heterocycles. The van der Waals surface area contributed by atoms with E-state index >= 15 is 0 Å². The average molecular weight is 503 g/mol. The van der Waals surface area contributed by atoms with Crippen LogP contribution in [0.5, 0.6) is 0 Å². The summed E-state index contributed by atoms with van der Waals surface area (Å²) in [6.07, 6.45) is 7.63. The summed E-state index contributed by atoms with van der Waals surface area (Å²) in [5.41, 5.74) is 5.06. The minimum atomic E-state index is -0.463. The summed E-state index contributed by atoms with van der Waals surface area (Å²) in [7, 11) is 0. The van der Waals surface area contributed by atoms with Gasteiger partial charge in [-0.1, -0.05) is 41.9 Å². The molecule has 0 spiro atoms. The molecule has 7 nitrogen and oxygen atoms in total. The first-order chi connectivity index (χ1) is 17.5. The molecule has 36 heavy (non-hydrogen) atoms. The normalized spacial score (nSPS) is 18.0. The zero-order chi connectivity index (χ0) is 24.6. The Hall–Kier alpha value is -3.00. The van der Waals surface area contributed by atoms with E-state index in [1.54, 1.807) is 0 Å². The molecule has 2 aromatic carbocycles. The lowest BCUT2D eigenvalue weighted by Gasteiger charge is -2.33. The van der Waals surface area contributed by atoms with Gasteiger partial charge in [-0.25, -0.2) is 9.97 Å². The van der Waals surface area contributed by atoms with Crippen LogP contribution in [0, 0.1) is 6.92 Å². The molecule has 2 aromatic heterocycles. The largest absolute Gasteiger partial charge is 0.387 e. The summed E-state index contributed by atoms with van der Waals surface area (Å²) < 4.78 is 2.09. The van der Waals surface area contributed by atoms with Crippen LogP contribution in [0.1, 0.15) is 60.6 Å². The van der Waals surface area contributed by atoms with Gasteiger partial charge in [-0.2, -0.15) is 5.10 Å². The van der Waals surface area contributed by atoms with E-state index in [1.165, 1.54) is 12.8 Å². The first kappa shape index (κ1) is 23.4. The monoisotopic (exact) mass is 502 g/mol. The van der Waals surface area contributed by atoms with Gasteiger partial charge in [0.05, 0.1) is 35.2 Å². The fourth-order valence-electron chi connectivity index (χ4n) is 5.25. The van der Waals surface area contributed by atoms with E-state index in [4.69, 9.17) is 16.6 Å². The van der Waals surface area contributed by atoms with Gasteiger partial charge in [-0.3, -0.25) is 4.68 Å². The number of hydrogen-bond acceptors (Lipinski definition) is 6. The molecule has 1 atom stereocenters. The molecular weight excluding hydrogens is 472 g/mol. The lowest BCUT2D eigenvalue weighted by molar-refractivity contribution is 0.0973. The zero-order valence-corrected chi connectivity index (χ0v) is 21.2. The number of aromatic nitrogens is 4. The van der Waals surface area contributed by atoms with Crippen molar-refractivity contribution in [2.24, 2.45) is 0 Å². The number of hydrogen-bond donors (Lipinski definition) is 2. The highest BCUT2D eigenvalue weighted by Crippen LogP contribution is 2.38. The van der Waals surface area contributed by atoms with Crippen molar-refractivity contribution < 1.29 is 5.11 Å². The Bertz CT molecular complexity index is 1360. The van der Waals surface area contributed by atoms with Crippen LogP contribution in [-0.4, -0.2) is 49.4 Å². The van der Waals surface area contributed by atoms with Crippen molar-refractivity contribution in [3.63, 3.8) is 0 Å². The van der Waals surface area contributed by atoms with Crippen LogP contribution in [0.15, 0.2) is 54.9 Å². The second-order valence-corrected chi connectivity index (χ2v) is 10.5. The van der Waals surface area contributed by atoms with Gasteiger partial charge in [-0.05, 0) is 74.9 Å². The number of aliphatic hydroxyl groups excluding tert-OH is 1. The number of halogens is 1. The van der Waals surface area contributed by atoms with Crippen molar-refractivity contribution in [3.05, 3.63) is 76.7 Å². The predicted octanol–water partition coefficient (Wildman–Crippen LogP) is 5.78. The van der Waals surface area contributed by atoms with Crippen LogP contribution < -0.4 is 5.32 Å². The fourth-order valence-corrected chi connectivity index (χ4v) is 5.57. The van der Waals surface area contributed by atoms with E-state index in [-0.39, 0.29) is 0 Å². The minimum absolute atomic E-state index is 0.373. The number of rotatable bonds is 7. The number of piperidine rings is 1. The molecule has 1 aliphatic carbocycles. The molecule has 0 unspecified atom stereocenters. The summed E-state index contributed by atoms with van der Waals surface area (Å²) in [6, 6.07) is 14.5.